The predicted octanol–water partition coefficient (Wildman–Crippen LogP) is 2.71. The van der Waals surface area contributed by atoms with E-state index in [0.717, 1.165) is 16.7 Å². The first-order chi connectivity index (χ1) is 14.2. The highest BCUT2D eigenvalue weighted by Gasteiger charge is 2.27. The van der Waals surface area contributed by atoms with Gasteiger partial charge in [0.05, 0.1) is 19.7 Å². The number of nitrogens with zero attached hydrogens (tertiary/aromatic N) is 3. The Balaban J connectivity index is 2.18. The first-order valence-electron chi connectivity index (χ1n) is 9.86. The summed E-state index contributed by atoms with van der Waals surface area (Å²) >= 11 is 0. The van der Waals surface area contributed by atoms with Gasteiger partial charge in [-0.05, 0) is 37.6 Å². The quantitative estimate of drug-likeness (QED) is 0.546. The Morgan fingerprint density at radius 1 is 1.17 bits per heavy atom. The van der Waals surface area contributed by atoms with Crippen molar-refractivity contribution >= 4 is 22.0 Å². The minimum Gasteiger partial charge on any atom is -0.383 e. The summed E-state index contributed by atoms with van der Waals surface area (Å²) in [6, 6.07) is 12.7. The van der Waals surface area contributed by atoms with Crippen molar-refractivity contribution in [3.05, 3.63) is 65.3 Å². The van der Waals surface area contributed by atoms with Crippen LogP contribution in [0.25, 0.3) is 6.08 Å². The van der Waals surface area contributed by atoms with E-state index in [9.17, 15) is 13.2 Å². The normalized spacial score (nSPS) is 12.2. The molecule has 1 aromatic carbocycles. The van der Waals surface area contributed by atoms with Crippen LogP contribution in [0.1, 0.15) is 25.1 Å². The van der Waals surface area contributed by atoms with Gasteiger partial charge in [0, 0.05) is 44.0 Å². The van der Waals surface area contributed by atoms with Crippen molar-refractivity contribution < 1.29 is 17.9 Å². The third kappa shape index (κ3) is 6.83. The van der Waals surface area contributed by atoms with E-state index in [1.165, 1.54) is 4.31 Å². The van der Waals surface area contributed by atoms with Gasteiger partial charge in [-0.2, -0.15) is 4.31 Å². The van der Waals surface area contributed by atoms with Crippen molar-refractivity contribution in [1.82, 2.24) is 13.8 Å². The number of benzene rings is 1. The fourth-order valence-corrected chi connectivity index (χ4v) is 4.32. The molecule has 0 aliphatic carbocycles. The summed E-state index contributed by atoms with van der Waals surface area (Å²) in [5, 5.41) is 1.16. The van der Waals surface area contributed by atoms with Crippen molar-refractivity contribution in [1.29, 1.82) is 0 Å². The number of aromatic nitrogens is 1. The zero-order valence-electron chi connectivity index (χ0n) is 18.1. The van der Waals surface area contributed by atoms with Gasteiger partial charge in [0.15, 0.2) is 0 Å². The number of methoxy groups -OCH3 is 1. The summed E-state index contributed by atoms with van der Waals surface area (Å²) < 4.78 is 34.2. The number of hydrogen-bond acceptors (Lipinski definition) is 4. The molecule has 0 radical (unpaired) electrons. The second-order valence-electron chi connectivity index (χ2n) is 7.32. The highest BCUT2D eigenvalue weighted by molar-refractivity contribution is 7.92. The van der Waals surface area contributed by atoms with Gasteiger partial charge in [0.1, 0.15) is 0 Å². The van der Waals surface area contributed by atoms with Gasteiger partial charge in [0.25, 0.3) is 0 Å². The summed E-state index contributed by atoms with van der Waals surface area (Å²) in [4.78, 5) is 14.7. The zero-order chi connectivity index (χ0) is 22.1. The Morgan fingerprint density at radius 3 is 2.43 bits per heavy atom. The number of carbonyl (C=O) groups excluding carboxylic acids is 1. The molecule has 0 fully saturated rings. The summed E-state index contributed by atoms with van der Waals surface area (Å²) in [7, 11) is -0.286. The number of carbonyl (C=O) groups is 1. The lowest BCUT2D eigenvalue weighted by molar-refractivity contribution is -0.133. The van der Waals surface area contributed by atoms with Crippen LogP contribution in [0.5, 0.6) is 0 Å². The average molecular weight is 434 g/mol. The van der Waals surface area contributed by atoms with Gasteiger partial charge >= 0.3 is 0 Å². The molecular weight excluding hydrogens is 402 g/mol. The SMILES string of the molecule is COCCN(Cc1cccn1C)C(=O)CN(C(C)C)S(=O)(=O)/C=C/c1ccccc1. The maximum Gasteiger partial charge on any atom is 0.238 e. The molecule has 0 unspecified atom stereocenters. The van der Waals surface area contributed by atoms with Crippen LogP contribution in [-0.2, 0) is 33.1 Å². The minimum atomic E-state index is -3.77. The van der Waals surface area contributed by atoms with Crippen molar-refractivity contribution in [3.8, 4) is 0 Å². The minimum absolute atomic E-state index is 0.229. The fourth-order valence-electron chi connectivity index (χ4n) is 2.96. The van der Waals surface area contributed by atoms with E-state index in [1.807, 2.05) is 60.3 Å². The van der Waals surface area contributed by atoms with E-state index >= 15 is 0 Å². The van der Waals surface area contributed by atoms with E-state index < -0.39 is 10.0 Å². The van der Waals surface area contributed by atoms with Gasteiger partial charge in [-0.3, -0.25) is 4.79 Å². The molecular formula is C22H31N3O4S. The van der Waals surface area contributed by atoms with Gasteiger partial charge in [0.2, 0.25) is 15.9 Å². The number of aryl methyl sites for hydroxylation is 1. The van der Waals surface area contributed by atoms with E-state index in [0.29, 0.717) is 19.7 Å². The molecule has 0 spiro atoms. The molecule has 30 heavy (non-hydrogen) atoms. The zero-order valence-corrected chi connectivity index (χ0v) is 18.9. The summed E-state index contributed by atoms with van der Waals surface area (Å²) in [6.45, 7) is 4.44. The summed E-state index contributed by atoms with van der Waals surface area (Å²) in [5.74, 6) is -0.265. The molecule has 1 heterocycles. The number of amides is 1. The van der Waals surface area contributed by atoms with E-state index in [2.05, 4.69) is 0 Å². The Bertz CT molecular complexity index is 936. The van der Waals surface area contributed by atoms with Gasteiger partial charge in [-0.25, -0.2) is 8.42 Å². The highest BCUT2D eigenvalue weighted by atomic mass is 32.2. The van der Waals surface area contributed by atoms with Crippen molar-refractivity contribution in [2.24, 2.45) is 7.05 Å². The fraction of sp³-hybridized carbons (Fsp3) is 0.409. The van der Waals surface area contributed by atoms with Crippen molar-refractivity contribution in [2.75, 3.05) is 26.8 Å². The molecule has 8 heteroatoms. The van der Waals surface area contributed by atoms with Crippen LogP contribution >= 0.6 is 0 Å². The first-order valence-corrected chi connectivity index (χ1v) is 11.4. The Labute approximate surface area is 179 Å². The molecule has 1 amide bonds. The van der Waals surface area contributed by atoms with Crippen LogP contribution in [0.2, 0.25) is 0 Å². The molecule has 0 aliphatic rings. The van der Waals surface area contributed by atoms with Crippen LogP contribution in [0.4, 0.5) is 0 Å². The molecule has 0 saturated carbocycles. The Hall–Kier alpha value is -2.42. The molecule has 164 valence electrons. The second kappa shape index (κ2) is 11.1. The number of ether oxygens (including phenoxy) is 1. The standard InChI is InChI=1S/C22H31N3O4S/c1-19(2)25(30(27,28)16-12-20-9-6-5-7-10-20)18-22(26)24(14-15-29-4)17-21-11-8-13-23(21)3/h5-13,16,19H,14-15,17-18H2,1-4H3/b16-12+. The topological polar surface area (TPSA) is 71.8 Å². The molecule has 0 atom stereocenters. The summed E-state index contributed by atoms with van der Waals surface area (Å²) in [6.07, 6.45) is 3.45. The van der Waals surface area contributed by atoms with Crippen LogP contribution in [-0.4, -0.2) is 60.9 Å². The maximum absolute atomic E-state index is 13.1. The Morgan fingerprint density at radius 2 is 1.87 bits per heavy atom. The third-order valence-electron chi connectivity index (χ3n) is 4.75. The average Bonchev–Trinajstić information content (AvgIpc) is 3.12. The molecule has 0 bridgehead atoms. The van der Waals surface area contributed by atoms with Gasteiger partial charge in [-0.1, -0.05) is 30.3 Å². The molecule has 2 rings (SSSR count). The van der Waals surface area contributed by atoms with Crippen molar-refractivity contribution in [2.45, 2.75) is 26.4 Å². The van der Waals surface area contributed by atoms with Crippen molar-refractivity contribution in [3.63, 3.8) is 0 Å². The molecule has 0 saturated heterocycles. The molecule has 1 aromatic heterocycles. The van der Waals surface area contributed by atoms with Crippen LogP contribution in [0.3, 0.4) is 0 Å². The predicted molar refractivity (Wildman–Crippen MR) is 119 cm³/mol. The molecule has 0 aliphatic heterocycles. The first kappa shape index (κ1) is 23.9. The Kier molecular flexibility index (Phi) is 8.83. The van der Waals surface area contributed by atoms with Crippen LogP contribution < -0.4 is 0 Å². The van der Waals surface area contributed by atoms with E-state index in [-0.39, 0.29) is 18.5 Å². The molecule has 2 aromatic rings. The summed E-state index contributed by atoms with van der Waals surface area (Å²) in [5.41, 5.74) is 1.74. The van der Waals surface area contributed by atoms with Crippen LogP contribution in [0.15, 0.2) is 54.1 Å². The molecule has 0 N–H and O–H groups in total. The maximum atomic E-state index is 13.1. The number of sulfonamides is 1. The monoisotopic (exact) mass is 433 g/mol. The highest BCUT2D eigenvalue weighted by Crippen LogP contribution is 2.14. The largest absolute Gasteiger partial charge is 0.383 e. The molecule has 7 nitrogen and oxygen atoms in total. The van der Waals surface area contributed by atoms with Crippen LogP contribution in [0, 0.1) is 0 Å². The number of rotatable bonds is 11. The van der Waals surface area contributed by atoms with Gasteiger partial charge < -0.3 is 14.2 Å². The smallest absolute Gasteiger partial charge is 0.238 e. The second-order valence-corrected chi connectivity index (χ2v) is 9.09. The lowest BCUT2D eigenvalue weighted by Gasteiger charge is -2.28. The third-order valence-corrected chi connectivity index (χ3v) is 6.43. The lowest BCUT2D eigenvalue weighted by atomic mass is 10.2. The van der Waals surface area contributed by atoms with E-state index in [1.54, 1.807) is 31.9 Å². The number of hydrogen-bond donors (Lipinski definition) is 0. The lowest BCUT2D eigenvalue weighted by Crippen LogP contribution is -2.45. The van der Waals surface area contributed by atoms with E-state index in [4.69, 9.17) is 4.74 Å². The van der Waals surface area contributed by atoms with Gasteiger partial charge in [-0.15, -0.1) is 0 Å².